The smallest absolute Gasteiger partial charge is 0.221 e. The third-order valence-corrected chi connectivity index (χ3v) is 2.52. The molecular weight excluding hydrogens is 238 g/mol. The highest BCUT2D eigenvalue weighted by Gasteiger charge is 2.02. The minimum Gasteiger partial charge on any atom is -0.324 e. The number of aryl methyl sites for hydroxylation is 1. The highest BCUT2D eigenvalue weighted by Crippen LogP contribution is 2.26. The summed E-state index contributed by atoms with van der Waals surface area (Å²) >= 11 is 0. The van der Waals surface area contributed by atoms with Crippen LogP contribution in [0.15, 0.2) is 47.7 Å². The van der Waals surface area contributed by atoms with Gasteiger partial charge in [-0.05, 0) is 42.3 Å². The SMILES string of the molecule is CC(=O)Nc1ccc(C)cc1N=Cc1ccncc1. The predicted molar refractivity (Wildman–Crippen MR) is 77.0 cm³/mol. The van der Waals surface area contributed by atoms with Gasteiger partial charge in [0.05, 0.1) is 11.4 Å². The van der Waals surface area contributed by atoms with Crippen LogP contribution in [0.3, 0.4) is 0 Å². The van der Waals surface area contributed by atoms with Gasteiger partial charge in [0.2, 0.25) is 5.91 Å². The van der Waals surface area contributed by atoms with Gasteiger partial charge in [0.25, 0.3) is 0 Å². The number of aromatic nitrogens is 1. The van der Waals surface area contributed by atoms with Crippen LogP contribution in [-0.2, 0) is 4.79 Å². The summed E-state index contributed by atoms with van der Waals surface area (Å²) in [6, 6.07) is 9.48. The molecule has 0 fully saturated rings. The van der Waals surface area contributed by atoms with E-state index >= 15 is 0 Å². The summed E-state index contributed by atoms with van der Waals surface area (Å²) in [6.45, 7) is 3.47. The van der Waals surface area contributed by atoms with Crippen LogP contribution >= 0.6 is 0 Å². The molecule has 1 heterocycles. The maximum absolute atomic E-state index is 11.2. The predicted octanol–water partition coefficient (Wildman–Crippen LogP) is 3.10. The van der Waals surface area contributed by atoms with Gasteiger partial charge in [-0.3, -0.25) is 14.8 Å². The molecule has 0 saturated heterocycles. The van der Waals surface area contributed by atoms with Crippen molar-refractivity contribution in [3.63, 3.8) is 0 Å². The van der Waals surface area contributed by atoms with Crippen LogP contribution in [0.4, 0.5) is 11.4 Å². The van der Waals surface area contributed by atoms with E-state index in [1.807, 2.05) is 37.3 Å². The van der Waals surface area contributed by atoms with Gasteiger partial charge in [0.1, 0.15) is 0 Å². The van der Waals surface area contributed by atoms with Gasteiger partial charge < -0.3 is 5.32 Å². The molecule has 1 amide bonds. The molecule has 4 heteroatoms. The highest BCUT2D eigenvalue weighted by atomic mass is 16.1. The first-order valence-corrected chi connectivity index (χ1v) is 5.97. The number of amides is 1. The lowest BCUT2D eigenvalue weighted by molar-refractivity contribution is -0.114. The van der Waals surface area contributed by atoms with E-state index in [9.17, 15) is 4.79 Å². The number of anilines is 1. The van der Waals surface area contributed by atoms with Crippen LogP contribution in [-0.4, -0.2) is 17.1 Å². The molecule has 1 aromatic heterocycles. The molecular formula is C15H15N3O. The average molecular weight is 253 g/mol. The fraction of sp³-hybridized carbons (Fsp3) is 0.133. The van der Waals surface area contributed by atoms with Crippen LogP contribution in [0.2, 0.25) is 0 Å². The second kappa shape index (κ2) is 5.91. The lowest BCUT2D eigenvalue weighted by Crippen LogP contribution is -2.05. The number of carbonyl (C=O) groups excluding carboxylic acids is 1. The minimum absolute atomic E-state index is 0.107. The molecule has 0 unspecified atom stereocenters. The monoisotopic (exact) mass is 253 g/mol. The summed E-state index contributed by atoms with van der Waals surface area (Å²) in [5, 5.41) is 2.77. The molecule has 1 N–H and O–H groups in total. The van der Waals surface area contributed by atoms with Crippen molar-refractivity contribution in [2.75, 3.05) is 5.32 Å². The van der Waals surface area contributed by atoms with Crippen LogP contribution in [0.5, 0.6) is 0 Å². The Morgan fingerprint density at radius 1 is 1.26 bits per heavy atom. The fourth-order valence-corrected chi connectivity index (χ4v) is 1.64. The van der Waals surface area contributed by atoms with Crippen molar-refractivity contribution in [1.29, 1.82) is 0 Å². The van der Waals surface area contributed by atoms with E-state index in [0.29, 0.717) is 5.69 Å². The summed E-state index contributed by atoms with van der Waals surface area (Å²) < 4.78 is 0. The van der Waals surface area contributed by atoms with Gasteiger partial charge >= 0.3 is 0 Å². The van der Waals surface area contributed by atoms with E-state index < -0.39 is 0 Å². The van der Waals surface area contributed by atoms with Crippen molar-refractivity contribution >= 4 is 23.5 Å². The Labute approximate surface area is 112 Å². The minimum atomic E-state index is -0.107. The highest BCUT2D eigenvalue weighted by molar-refractivity contribution is 5.93. The Balaban J connectivity index is 2.30. The molecule has 0 atom stereocenters. The zero-order valence-electron chi connectivity index (χ0n) is 10.9. The molecule has 96 valence electrons. The van der Waals surface area contributed by atoms with Gasteiger partial charge in [-0.25, -0.2) is 0 Å². The fourth-order valence-electron chi connectivity index (χ4n) is 1.64. The van der Waals surface area contributed by atoms with Gasteiger partial charge in [0, 0.05) is 25.5 Å². The molecule has 4 nitrogen and oxygen atoms in total. The van der Waals surface area contributed by atoms with E-state index in [1.54, 1.807) is 18.6 Å². The molecule has 0 aliphatic carbocycles. The number of benzene rings is 1. The Kier molecular flexibility index (Phi) is 4.03. The second-order valence-corrected chi connectivity index (χ2v) is 4.24. The molecule has 0 aliphatic heterocycles. The van der Waals surface area contributed by atoms with Crippen molar-refractivity contribution < 1.29 is 4.79 Å². The van der Waals surface area contributed by atoms with E-state index in [4.69, 9.17) is 0 Å². The van der Waals surface area contributed by atoms with Gasteiger partial charge in [-0.1, -0.05) is 6.07 Å². The number of carbonyl (C=O) groups is 1. The Morgan fingerprint density at radius 2 is 2.00 bits per heavy atom. The van der Waals surface area contributed by atoms with Gasteiger partial charge in [-0.15, -0.1) is 0 Å². The number of hydrogen-bond acceptors (Lipinski definition) is 3. The Bertz CT molecular complexity index is 606. The second-order valence-electron chi connectivity index (χ2n) is 4.24. The largest absolute Gasteiger partial charge is 0.324 e. The lowest BCUT2D eigenvalue weighted by Gasteiger charge is -2.07. The van der Waals surface area contributed by atoms with Gasteiger partial charge in [-0.2, -0.15) is 0 Å². The van der Waals surface area contributed by atoms with Crippen LogP contribution in [0.25, 0.3) is 0 Å². The number of pyridine rings is 1. The third-order valence-electron chi connectivity index (χ3n) is 2.52. The van der Waals surface area contributed by atoms with Gasteiger partial charge in [0.15, 0.2) is 0 Å². The van der Waals surface area contributed by atoms with Crippen molar-refractivity contribution in [2.24, 2.45) is 4.99 Å². The van der Waals surface area contributed by atoms with Crippen LogP contribution in [0.1, 0.15) is 18.1 Å². The van der Waals surface area contributed by atoms with Crippen LogP contribution < -0.4 is 5.32 Å². The first-order chi connectivity index (χ1) is 9.15. The summed E-state index contributed by atoms with van der Waals surface area (Å²) in [5.74, 6) is -0.107. The summed E-state index contributed by atoms with van der Waals surface area (Å²) in [6.07, 6.45) is 5.18. The molecule has 0 bridgehead atoms. The molecule has 19 heavy (non-hydrogen) atoms. The summed E-state index contributed by atoms with van der Waals surface area (Å²) in [7, 11) is 0. The standard InChI is InChI=1S/C15H15N3O/c1-11-3-4-14(18-12(2)19)15(9-11)17-10-13-5-7-16-8-6-13/h3-10H,1-2H3,(H,18,19). The quantitative estimate of drug-likeness (QED) is 0.854. The first kappa shape index (κ1) is 13.0. The maximum atomic E-state index is 11.2. The molecule has 0 aliphatic rings. The van der Waals surface area contributed by atoms with E-state index in [2.05, 4.69) is 15.3 Å². The molecule has 0 spiro atoms. The number of nitrogens with one attached hydrogen (secondary N) is 1. The molecule has 1 aromatic carbocycles. The molecule has 0 saturated carbocycles. The van der Waals surface area contributed by atoms with E-state index in [-0.39, 0.29) is 5.91 Å². The Hall–Kier alpha value is -2.49. The van der Waals surface area contributed by atoms with Crippen LogP contribution in [0, 0.1) is 6.92 Å². The number of nitrogens with zero attached hydrogens (tertiary/aromatic N) is 2. The average Bonchev–Trinajstić information content (AvgIpc) is 2.40. The van der Waals surface area contributed by atoms with Crippen molar-refractivity contribution in [3.8, 4) is 0 Å². The van der Waals surface area contributed by atoms with Crippen molar-refractivity contribution in [2.45, 2.75) is 13.8 Å². The first-order valence-electron chi connectivity index (χ1n) is 5.97. The summed E-state index contributed by atoms with van der Waals surface area (Å²) in [4.78, 5) is 19.5. The summed E-state index contributed by atoms with van der Waals surface area (Å²) in [5.41, 5.74) is 3.51. The van der Waals surface area contributed by atoms with Crippen molar-refractivity contribution in [1.82, 2.24) is 4.98 Å². The normalized spacial score (nSPS) is 10.6. The lowest BCUT2D eigenvalue weighted by atomic mass is 10.2. The number of aliphatic imine (C=N–C) groups is 1. The third kappa shape index (κ3) is 3.74. The molecule has 2 rings (SSSR count). The maximum Gasteiger partial charge on any atom is 0.221 e. The zero-order chi connectivity index (χ0) is 13.7. The van der Waals surface area contributed by atoms with E-state index in [0.717, 1.165) is 16.8 Å². The Morgan fingerprint density at radius 3 is 2.68 bits per heavy atom. The van der Waals surface area contributed by atoms with E-state index in [1.165, 1.54) is 6.92 Å². The number of rotatable bonds is 3. The molecule has 0 radical (unpaired) electrons. The topological polar surface area (TPSA) is 54.4 Å². The van der Waals surface area contributed by atoms with Crippen molar-refractivity contribution in [3.05, 3.63) is 53.9 Å². The number of hydrogen-bond donors (Lipinski definition) is 1. The molecule has 2 aromatic rings. The zero-order valence-corrected chi connectivity index (χ0v) is 10.9.